The van der Waals surface area contributed by atoms with E-state index in [-0.39, 0.29) is 11.7 Å². The number of morpholine rings is 1. The molecular weight excluding hydrogens is 415 g/mol. The van der Waals surface area contributed by atoms with E-state index in [4.69, 9.17) is 14.6 Å². The first-order valence-electron chi connectivity index (χ1n) is 11.0. The van der Waals surface area contributed by atoms with Crippen molar-refractivity contribution < 1.29 is 13.9 Å². The average molecular weight is 445 g/mol. The van der Waals surface area contributed by atoms with Crippen molar-refractivity contribution in [2.75, 3.05) is 56.7 Å². The highest BCUT2D eigenvalue weighted by Crippen LogP contribution is 2.30. The number of hydrogen-bond donors (Lipinski definition) is 2. The number of nitrogens with zero attached hydrogens (tertiary/aromatic N) is 6. The van der Waals surface area contributed by atoms with Crippen LogP contribution in [0, 0.1) is 5.82 Å². The molecule has 3 aromatic rings. The molecule has 0 saturated carbocycles. The van der Waals surface area contributed by atoms with Gasteiger partial charge < -0.3 is 25.0 Å². The molecule has 1 atom stereocenters. The Balaban J connectivity index is 0.00000119. The van der Waals surface area contributed by atoms with Crippen LogP contribution in [0.3, 0.4) is 0 Å². The maximum absolute atomic E-state index is 14.7. The third-order valence-electron chi connectivity index (χ3n) is 5.35. The summed E-state index contributed by atoms with van der Waals surface area (Å²) < 4.78 is 27.2. The molecule has 0 amide bonds. The molecule has 0 aliphatic carbocycles. The van der Waals surface area contributed by atoms with Gasteiger partial charge in [0.1, 0.15) is 11.4 Å². The first-order valence-corrected chi connectivity index (χ1v) is 11.0. The summed E-state index contributed by atoms with van der Waals surface area (Å²) in [4.78, 5) is 15.0. The van der Waals surface area contributed by atoms with Crippen molar-refractivity contribution >= 4 is 17.4 Å². The van der Waals surface area contributed by atoms with Crippen LogP contribution in [0.4, 0.5) is 16.2 Å². The van der Waals surface area contributed by atoms with Crippen molar-refractivity contribution in [2.24, 2.45) is 0 Å². The van der Waals surface area contributed by atoms with Crippen molar-refractivity contribution in [3.8, 4) is 17.1 Å². The SMILES string of the molecule is CC.COc1cc2ncc(-c3nc(NC4CCNC4)ncc3F)n2nc1N1CCOCC1. The van der Waals surface area contributed by atoms with E-state index in [1.165, 1.54) is 6.20 Å². The van der Waals surface area contributed by atoms with Crippen LogP contribution in [-0.4, -0.2) is 77.1 Å². The molecular formula is C21H29FN8O2. The lowest BCUT2D eigenvalue weighted by Crippen LogP contribution is -2.37. The molecule has 10 nitrogen and oxygen atoms in total. The first-order chi connectivity index (χ1) is 15.7. The summed E-state index contributed by atoms with van der Waals surface area (Å²) in [5.74, 6) is 1.13. The highest BCUT2D eigenvalue weighted by Gasteiger charge is 2.22. The third kappa shape index (κ3) is 4.44. The molecule has 0 bridgehead atoms. The second-order valence-electron chi connectivity index (χ2n) is 7.27. The molecule has 2 aliphatic rings. The van der Waals surface area contributed by atoms with Gasteiger partial charge in [0.05, 0.1) is 32.7 Å². The quantitative estimate of drug-likeness (QED) is 0.611. The van der Waals surface area contributed by atoms with Crippen LogP contribution in [0.2, 0.25) is 0 Å². The molecule has 11 heteroatoms. The van der Waals surface area contributed by atoms with Gasteiger partial charge in [-0.15, -0.1) is 5.10 Å². The fourth-order valence-corrected chi connectivity index (χ4v) is 3.77. The fraction of sp³-hybridized carbons (Fsp3) is 0.524. The molecule has 2 aliphatic heterocycles. The molecule has 172 valence electrons. The Labute approximate surface area is 186 Å². The maximum Gasteiger partial charge on any atom is 0.223 e. The Bertz CT molecular complexity index is 1050. The monoisotopic (exact) mass is 444 g/mol. The van der Waals surface area contributed by atoms with Crippen LogP contribution in [0.15, 0.2) is 18.5 Å². The minimum absolute atomic E-state index is 0.150. The van der Waals surface area contributed by atoms with E-state index in [2.05, 4.69) is 30.5 Å². The fourth-order valence-electron chi connectivity index (χ4n) is 3.77. The van der Waals surface area contributed by atoms with Gasteiger partial charge in [0.2, 0.25) is 5.95 Å². The van der Waals surface area contributed by atoms with Crippen molar-refractivity contribution in [2.45, 2.75) is 26.3 Å². The normalized spacial score (nSPS) is 18.4. The molecule has 0 radical (unpaired) electrons. The summed E-state index contributed by atoms with van der Waals surface area (Å²) in [7, 11) is 1.60. The summed E-state index contributed by atoms with van der Waals surface area (Å²) in [6.07, 6.45) is 3.71. The molecule has 1 unspecified atom stereocenters. The number of fused-ring (bicyclic) bond motifs is 1. The number of methoxy groups -OCH3 is 1. The van der Waals surface area contributed by atoms with E-state index in [1.807, 2.05) is 13.8 Å². The molecule has 0 spiro atoms. The Kier molecular flexibility index (Phi) is 6.96. The lowest BCUT2D eigenvalue weighted by Gasteiger charge is -2.28. The van der Waals surface area contributed by atoms with Gasteiger partial charge in [0, 0.05) is 31.7 Å². The topological polar surface area (TPSA) is 102 Å². The summed E-state index contributed by atoms with van der Waals surface area (Å²) in [5, 5.41) is 11.3. The lowest BCUT2D eigenvalue weighted by atomic mass is 10.2. The number of anilines is 2. The van der Waals surface area contributed by atoms with Gasteiger partial charge in [0.15, 0.2) is 23.0 Å². The number of ether oxygens (including phenoxy) is 2. The van der Waals surface area contributed by atoms with Crippen LogP contribution < -0.4 is 20.3 Å². The molecule has 3 aromatic heterocycles. The maximum atomic E-state index is 14.7. The highest BCUT2D eigenvalue weighted by molar-refractivity contribution is 5.65. The molecule has 0 aromatic carbocycles. The minimum atomic E-state index is -0.530. The van der Waals surface area contributed by atoms with Gasteiger partial charge in [-0.3, -0.25) is 0 Å². The highest BCUT2D eigenvalue weighted by atomic mass is 19.1. The van der Waals surface area contributed by atoms with E-state index >= 15 is 0 Å². The van der Waals surface area contributed by atoms with Crippen LogP contribution in [0.25, 0.3) is 17.0 Å². The molecule has 5 heterocycles. The zero-order valence-corrected chi connectivity index (χ0v) is 18.6. The standard InChI is InChI=1S/C19H23FN8O2.C2H6/c1-29-15-8-16-22-11-14(28(16)26-18(15)27-4-6-30-7-5-27)17-13(20)10-23-19(25-17)24-12-2-3-21-9-12;1-2/h8,10-12,21H,2-7,9H2,1H3,(H,23,24,25);1-2H3. The van der Waals surface area contributed by atoms with Crippen molar-refractivity contribution in [3.05, 3.63) is 24.3 Å². The Morgan fingerprint density at radius 3 is 2.75 bits per heavy atom. The lowest BCUT2D eigenvalue weighted by molar-refractivity contribution is 0.122. The van der Waals surface area contributed by atoms with Crippen molar-refractivity contribution in [1.29, 1.82) is 0 Å². The number of hydrogen-bond acceptors (Lipinski definition) is 9. The van der Waals surface area contributed by atoms with Crippen LogP contribution in [-0.2, 0) is 4.74 Å². The van der Waals surface area contributed by atoms with Gasteiger partial charge in [-0.2, -0.15) is 0 Å². The first kappa shape index (κ1) is 22.2. The molecule has 2 N–H and O–H groups in total. The van der Waals surface area contributed by atoms with Crippen LogP contribution in [0.5, 0.6) is 5.75 Å². The molecule has 32 heavy (non-hydrogen) atoms. The Hall–Kier alpha value is -3.05. The summed E-state index contributed by atoms with van der Waals surface area (Å²) in [6.45, 7) is 8.40. The minimum Gasteiger partial charge on any atom is -0.493 e. The largest absolute Gasteiger partial charge is 0.493 e. The summed E-state index contributed by atoms with van der Waals surface area (Å²) in [6, 6.07) is 2.02. The van der Waals surface area contributed by atoms with Gasteiger partial charge in [0.25, 0.3) is 0 Å². The van der Waals surface area contributed by atoms with E-state index < -0.39 is 5.82 Å². The van der Waals surface area contributed by atoms with Gasteiger partial charge in [-0.05, 0) is 13.0 Å². The van der Waals surface area contributed by atoms with Crippen molar-refractivity contribution in [1.82, 2.24) is 29.9 Å². The van der Waals surface area contributed by atoms with Gasteiger partial charge >= 0.3 is 0 Å². The summed E-state index contributed by atoms with van der Waals surface area (Å²) in [5.41, 5.74) is 1.15. The number of halogens is 1. The predicted octanol–water partition coefficient (Wildman–Crippen LogP) is 1.97. The number of imidazole rings is 1. The smallest absolute Gasteiger partial charge is 0.223 e. The van der Waals surface area contributed by atoms with Gasteiger partial charge in [-0.25, -0.2) is 23.9 Å². The zero-order chi connectivity index (χ0) is 22.5. The molecule has 2 saturated heterocycles. The number of rotatable bonds is 5. The summed E-state index contributed by atoms with van der Waals surface area (Å²) >= 11 is 0. The average Bonchev–Trinajstić information content (AvgIpc) is 3.51. The second kappa shape index (κ2) is 10.0. The molecule has 5 rings (SSSR count). The van der Waals surface area contributed by atoms with E-state index in [9.17, 15) is 4.39 Å². The van der Waals surface area contributed by atoms with E-state index in [0.717, 1.165) is 19.5 Å². The molecule has 2 fully saturated rings. The third-order valence-corrected chi connectivity index (χ3v) is 5.35. The van der Waals surface area contributed by atoms with Crippen molar-refractivity contribution in [3.63, 3.8) is 0 Å². The van der Waals surface area contributed by atoms with E-state index in [0.29, 0.717) is 55.2 Å². The zero-order valence-electron chi connectivity index (χ0n) is 18.6. The van der Waals surface area contributed by atoms with Crippen LogP contribution >= 0.6 is 0 Å². The second-order valence-corrected chi connectivity index (χ2v) is 7.27. The Morgan fingerprint density at radius 2 is 2.03 bits per heavy atom. The number of aromatic nitrogens is 5. The van der Waals surface area contributed by atoms with E-state index in [1.54, 1.807) is 23.9 Å². The Morgan fingerprint density at radius 1 is 1.22 bits per heavy atom. The van der Waals surface area contributed by atoms with Gasteiger partial charge in [-0.1, -0.05) is 13.8 Å². The van der Waals surface area contributed by atoms with Crippen LogP contribution in [0.1, 0.15) is 20.3 Å². The predicted molar refractivity (Wildman–Crippen MR) is 120 cm³/mol. The number of nitrogens with one attached hydrogen (secondary N) is 2.